The van der Waals surface area contributed by atoms with E-state index in [-0.39, 0.29) is 11.7 Å². The smallest absolute Gasteiger partial charge is 0.291 e. The van der Waals surface area contributed by atoms with Crippen LogP contribution in [0, 0.1) is 6.92 Å². The first-order valence-electron chi connectivity index (χ1n) is 9.07. The molecule has 0 saturated heterocycles. The lowest BCUT2D eigenvalue weighted by atomic mass is 10.2. The first-order valence-corrected chi connectivity index (χ1v) is 9.88. The molecule has 0 bridgehead atoms. The minimum absolute atomic E-state index is 0.265. The summed E-state index contributed by atoms with van der Waals surface area (Å²) in [6.45, 7) is 4.69. The predicted molar refractivity (Wildman–Crippen MR) is 112 cm³/mol. The summed E-state index contributed by atoms with van der Waals surface area (Å²) in [7, 11) is 0. The van der Waals surface area contributed by atoms with Gasteiger partial charge in [0.25, 0.3) is 5.91 Å². The lowest BCUT2D eigenvalue weighted by Gasteiger charge is -2.09. The van der Waals surface area contributed by atoms with Gasteiger partial charge in [-0.1, -0.05) is 19.1 Å². The zero-order valence-electron chi connectivity index (χ0n) is 15.7. The summed E-state index contributed by atoms with van der Waals surface area (Å²) in [6.07, 6.45) is 2.47. The van der Waals surface area contributed by atoms with E-state index in [1.807, 2.05) is 31.2 Å². The number of carbonyl (C=O) groups excluding carboxylic acids is 1. The fraction of sp³-hybridized carbons (Fsp3) is 0.190. The number of hydrogen-bond acceptors (Lipinski definition) is 6. The van der Waals surface area contributed by atoms with Crippen LogP contribution in [0.5, 0.6) is 0 Å². The second kappa shape index (κ2) is 7.82. The Hall–Kier alpha value is -3.19. The molecule has 1 amide bonds. The highest BCUT2D eigenvalue weighted by Gasteiger charge is 2.11. The van der Waals surface area contributed by atoms with Crippen LogP contribution in [0.1, 0.15) is 33.7 Å². The molecule has 0 unspecified atom stereocenters. The van der Waals surface area contributed by atoms with Crippen LogP contribution in [0.2, 0.25) is 0 Å². The van der Waals surface area contributed by atoms with E-state index >= 15 is 0 Å². The summed E-state index contributed by atoms with van der Waals surface area (Å²) in [5.41, 5.74) is 1.81. The van der Waals surface area contributed by atoms with Crippen molar-refractivity contribution in [3.63, 3.8) is 0 Å². The van der Waals surface area contributed by atoms with Gasteiger partial charge >= 0.3 is 0 Å². The number of benzene rings is 1. The number of amides is 1. The maximum Gasteiger partial charge on any atom is 0.291 e. The molecule has 1 aromatic carbocycles. The fourth-order valence-corrected chi connectivity index (χ4v) is 3.89. The Morgan fingerprint density at radius 2 is 2.00 bits per heavy atom. The Kier molecular flexibility index (Phi) is 5.08. The standard InChI is InChI=1S/C21H20N4O2S/c1-3-16-11-17-19(23-13(2)24-21(17)28-16)22-12-14-6-8-15(9-7-14)25-20(26)18-5-4-10-27-18/h4-11H,3,12H2,1-2H3,(H,25,26)(H,22,23,24). The molecule has 0 spiro atoms. The van der Waals surface area contributed by atoms with Gasteiger partial charge in [-0.2, -0.15) is 0 Å². The van der Waals surface area contributed by atoms with E-state index in [9.17, 15) is 4.79 Å². The molecular weight excluding hydrogens is 372 g/mol. The van der Waals surface area contributed by atoms with Gasteiger partial charge in [0.05, 0.1) is 11.6 Å². The number of rotatable bonds is 6. The van der Waals surface area contributed by atoms with E-state index in [0.29, 0.717) is 6.54 Å². The highest BCUT2D eigenvalue weighted by molar-refractivity contribution is 7.18. The number of carbonyl (C=O) groups is 1. The normalized spacial score (nSPS) is 10.9. The Labute approximate surface area is 166 Å². The molecule has 0 aliphatic rings. The maximum atomic E-state index is 12.0. The van der Waals surface area contributed by atoms with Gasteiger partial charge in [-0.3, -0.25) is 4.79 Å². The third-order valence-electron chi connectivity index (χ3n) is 4.32. The minimum atomic E-state index is -0.265. The summed E-state index contributed by atoms with van der Waals surface area (Å²) in [5, 5.41) is 7.30. The van der Waals surface area contributed by atoms with E-state index in [1.54, 1.807) is 23.5 Å². The van der Waals surface area contributed by atoms with Crippen molar-refractivity contribution in [1.82, 2.24) is 9.97 Å². The van der Waals surface area contributed by atoms with Gasteiger partial charge in [0, 0.05) is 17.1 Å². The molecule has 2 N–H and O–H groups in total. The van der Waals surface area contributed by atoms with Crippen LogP contribution < -0.4 is 10.6 Å². The van der Waals surface area contributed by atoms with Crippen LogP contribution in [-0.2, 0) is 13.0 Å². The van der Waals surface area contributed by atoms with Crippen LogP contribution >= 0.6 is 11.3 Å². The number of nitrogens with zero attached hydrogens (tertiary/aromatic N) is 2. The number of nitrogens with one attached hydrogen (secondary N) is 2. The highest BCUT2D eigenvalue weighted by atomic mass is 32.1. The molecule has 3 aromatic heterocycles. The summed E-state index contributed by atoms with van der Waals surface area (Å²) in [6, 6.07) is 13.2. The summed E-state index contributed by atoms with van der Waals surface area (Å²) < 4.78 is 5.10. The monoisotopic (exact) mass is 392 g/mol. The van der Waals surface area contributed by atoms with Gasteiger partial charge in [0.2, 0.25) is 0 Å². The predicted octanol–water partition coefficient (Wildman–Crippen LogP) is 5.02. The molecule has 0 radical (unpaired) electrons. The number of thiophene rings is 1. The van der Waals surface area contributed by atoms with E-state index in [0.717, 1.165) is 39.5 Å². The van der Waals surface area contributed by atoms with Gasteiger partial charge in [-0.05, 0) is 49.2 Å². The Morgan fingerprint density at radius 1 is 1.18 bits per heavy atom. The number of fused-ring (bicyclic) bond motifs is 1. The number of aryl methyl sites for hydroxylation is 2. The molecule has 0 aliphatic carbocycles. The highest BCUT2D eigenvalue weighted by Crippen LogP contribution is 2.29. The molecule has 4 aromatic rings. The quantitative estimate of drug-likeness (QED) is 0.482. The van der Waals surface area contributed by atoms with Crippen LogP contribution in [0.25, 0.3) is 10.2 Å². The van der Waals surface area contributed by atoms with E-state index in [1.165, 1.54) is 11.1 Å². The molecule has 0 fully saturated rings. The molecule has 6 nitrogen and oxygen atoms in total. The van der Waals surface area contributed by atoms with Gasteiger partial charge in [-0.15, -0.1) is 11.3 Å². The third kappa shape index (κ3) is 3.89. The molecule has 0 atom stereocenters. The summed E-state index contributed by atoms with van der Waals surface area (Å²) >= 11 is 1.71. The SMILES string of the molecule is CCc1cc2c(NCc3ccc(NC(=O)c4ccco4)cc3)nc(C)nc2s1. The molecule has 142 valence electrons. The van der Waals surface area contributed by atoms with Crippen LogP contribution in [-0.4, -0.2) is 15.9 Å². The van der Waals surface area contributed by atoms with Gasteiger partial charge < -0.3 is 15.1 Å². The second-order valence-corrected chi connectivity index (χ2v) is 7.50. The van der Waals surface area contributed by atoms with Crippen molar-refractivity contribution in [3.8, 4) is 0 Å². The van der Waals surface area contributed by atoms with Crippen molar-refractivity contribution in [2.45, 2.75) is 26.8 Å². The number of hydrogen-bond donors (Lipinski definition) is 2. The average molecular weight is 392 g/mol. The molecule has 4 rings (SSSR count). The zero-order chi connectivity index (χ0) is 19.5. The zero-order valence-corrected chi connectivity index (χ0v) is 16.5. The van der Waals surface area contributed by atoms with Crippen molar-refractivity contribution in [2.24, 2.45) is 0 Å². The van der Waals surface area contributed by atoms with Gasteiger partial charge in [0.15, 0.2) is 5.76 Å². The van der Waals surface area contributed by atoms with Crippen LogP contribution in [0.4, 0.5) is 11.5 Å². The molecule has 28 heavy (non-hydrogen) atoms. The van der Waals surface area contributed by atoms with Crippen molar-refractivity contribution in [1.29, 1.82) is 0 Å². The largest absolute Gasteiger partial charge is 0.459 e. The summed E-state index contributed by atoms with van der Waals surface area (Å²) in [4.78, 5) is 23.4. The van der Waals surface area contributed by atoms with Gasteiger partial charge in [0.1, 0.15) is 16.5 Å². The van der Waals surface area contributed by atoms with E-state index in [2.05, 4.69) is 33.6 Å². The lowest BCUT2D eigenvalue weighted by Crippen LogP contribution is -2.10. The van der Waals surface area contributed by atoms with Crippen molar-refractivity contribution >= 4 is 39.0 Å². The Bertz CT molecular complexity index is 1100. The van der Waals surface area contributed by atoms with E-state index in [4.69, 9.17) is 4.42 Å². The average Bonchev–Trinajstić information content (AvgIpc) is 3.36. The first-order chi connectivity index (χ1) is 13.6. The molecule has 0 saturated carbocycles. The van der Waals surface area contributed by atoms with Crippen molar-refractivity contribution in [3.05, 3.63) is 70.8 Å². The van der Waals surface area contributed by atoms with Crippen LogP contribution in [0.15, 0.2) is 53.1 Å². The maximum absolute atomic E-state index is 12.0. The molecular formula is C21H20N4O2S. The minimum Gasteiger partial charge on any atom is -0.459 e. The van der Waals surface area contributed by atoms with Crippen molar-refractivity contribution in [2.75, 3.05) is 10.6 Å². The summed E-state index contributed by atoms with van der Waals surface area (Å²) in [5.74, 6) is 1.64. The first kappa shape index (κ1) is 18.2. The second-order valence-electron chi connectivity index (χ2n) is 6.39. The van der Waals surface area contributed by atoms with Crippen LogP contribution in [0.3, 0.4) is 0 Å². The molecule has 7 heteroatoms. The van der Waals surface area contributed by atoms with Crippen molar-refractivity contribution < 1.29 is 9.21 Å². The molecule has 0 aliphatic heterocycles. The topological polar surface area (TPSA) is 80.0 Å². The van der Waals surface area contributed by atoms with E-state index < -0.39 is 0 Å². The Morgan fingerprint density at radius 3 is 2.71 bits per heavy atom. The number of anilines is 2. The van der Waals surface area contributed by atoms with Gasteiger partial charge in [-0.25, -0.2) is 9.97 Å². The Balaban J connectivity index is 1.45. The molecule has 3 heterocycles. The number of furan rings is 1. The fourth-order valence-electron chi connectivity index (χ4n) is 2.88. The number of aromatic nitrogens is 2. The third-order valence-corrected chi connectivity index (χ3v) is 5.49. The lowest BCUT2D eigenvalue weighted by molar-refractivity contribution is 0.0996.